The predicted octanol–water partition coefficient (Wildman–Crippen LogP) is 8.03. The molecule has 4 rings (SSSR count). The van der Waals surface area contributed by atoms with E-state index in [1.54, 1.807) is 0 Å². The fraction of sp³-hybridized carbons (Fsp3) is 0.192. The van der Waals surface area contributed by atoms with Gasteiger partial charge in [0.2, 0.25) is 11.8 Å². The lowest BCUT2D eigenvalue weighted by atomic mass is 10.0. The topological polar surface area (TPSA) is 87.3 Å². The summed E-state index contributed by atoms with van der Waals surface area (Å²) in [5.74, 6) is -6.82. The number of anilines is 3. The highest BCUT2D eigenvalue weighted by atomic mass is 35.5. The quantitative estimate of drug-likeness (QED) is 0.186. The molecule has 0 radical (unpaired) electrons. The molecule has 1 fully saturated rings. The van der Waals surface area contributed by atoms with Crippen molar-refractivity contribution >= 4 is 81.2 Å². The van der Waals surface area contributed by atoms with Crippen LogP contribution in [0.3, 0.4) is 0 Å². The molecular weight excluding hydrogens is 639 g/mol. The van der Waals surface area contributed by atoms with E-state index in [9.17, 15) is 36.3 Å². The van der Waals surface area contributed by atoms with Gasteiger partial charge in [0.05, 0.1) is 38.5 Å². The molecular formula is C26H16Cl4F5N3O3. The standard InChI is InChI=1S/C26H16Cl4F5N3O3/c1-10(39)36-22-17(32)6-7-18(21(22)28)38-23(40)13-9-12(3-4-15(13)27)37-24(41)20-19(25(20,29)30)11-2-5-16(31)14(8-11)26(33,34)35/h2-9,19-20H,1H3,(H,36,39)(H,37,41)(H,38,40)/t19-,20+/m0/s1. The van der Waals surface area contributed by atoms with Gasteiger partial charge >= 0.3 is 6.18 Å². The minimum Gasteiger partial charge on any atom is -0.326 e. The first-order valence-corrected chi connectivity index (χ1v) is 12.9. The number of benzene rings is 3. The second-order valence-electron chi connectivity index (χ2n) is 8.97. The van der Waals surface area contributed by atoms with Gasteiger partial charge in [-0.3, -0.25) is 14.4 Å². The maximum atomic E-state index is 14.1. The summed E-state index contributed by atoms with van der Waals surface area (Å²) in [6.07, 6.45) is -4.97. The van der Waals surface area contributed by atoms with E-state index >= 15 is 0 Å². The number of rotatable bonds is 6. The summed E-state index contributed by atoms with van der Waals surface area (Å²) in [5, 5.41) is 6.81. The number of carbonyl (C=O) groups excluding carboxylic acids is 3. The Labute approximate surface area is 249 Å². The molecule has 0 spiro atoms. The average Bonchev–Trinajstić information content (AvgIpc) is 3.45. The average molecular weight is 655 g/mol. The van der Waals surface area contributed by atoms with E-state index < -0.39 is 57.3 Å². The first-order chi connectivity index (χ1) is 19.0. The Bertz CT molecular complexity index is 1580. The van der Waals surface area contributed by atoms with Crippen molar-refractivity contribution in [1.29, 1.82) is 0 Å². The Hall–Kier alpha value is -3.12. The molecule has 0 unspecified atom stereocenters. The van der Waals surface area contributed by atoms with Crippen LogP contribution in [-0.2, 0) is 15.8 Å². The third-order valence-corrected chi connectivity index (χ3v) is 7.77. The largest absolute Gasteiger partial charge is 0.419 e. The maximum Gasteiger partial charge on any atom is 0.419 e. The number of hydrogen-bond acceptors (Lipinski definition) is 3. The van der Waals surface area contributed by atoms with Gasteiger partial charge in [-0.15, -0.1) is 23.2 Å². The summed E-state index contributed by atoms with van der Waals surface area (Å²) < 4.78 is 65.5. The van der Waals surface area contributed by atoms with Crippen molar-refractivity contribution in [2.45, 2.75) is 23.4 Å². The molecule has 3 amide bonds. The van der Waals surface area contributed by atoms with Crippen molar-refractivity contribution in [2.24, 2.45) is 5.92 Å². The molecule has 1 aliphatic carbocycles. The van der Waals surface area contributed by atoms with E-state index in [0.29, 0.717) is 12.1 Å². The highest BCUT2D eigenvalue weighted by molar-refractivity contribution is 6.53. The summed E-state index contributed by atoms with van der Waals surface area (Å²) >= 11 is 24.7. The van der Waals surface area contributed by atoms with Gasteiger partial charge in [0, 0.05) is 18.5 Å². The molecule has 3 N–H and O–H groups in total. The van der Waals surface area contributed by atoms with Gasteiger partial charge in [-0.2, -0.15) is 13.2 Å². The van der Waals surface area contributed by atoms with E-state index in [1.807, 2.05) is 0 Å². The molecule has 0 aromatic heterocycles. The Morgan fingerprint density at radius 3 is 2.17 bits per heavy atom. The highest BCUT2D eigenvalue weighted by Gasteiger charge is 2.67. The van der Waals surface area contributed by atoms with Crippen LogP contribution in [0.1, 0.15) is 34.3 Å². The van der Waals surface area contributed by atoms with Crippen LogP contribution < -0.4 is 16.0 Å². The summed E-state index contributed by atoms with van der Waals surface area (Å²) in [4.78, 5) is 37.3. The van der Waals surface area contributed by atoms with Crippen LogP contribution in [0.25, 0.3) is 0 Å². The molecule has 0 bridgehead atoms. The zero-order chi connectivity index (χ0) is 30.4. The minimum atomic E-state index is -4.97. The summed E-state index contributed by atoms with van der Waals surface area (Å²) in [5.41, 5.74) is -2.11. The number of carbonyl (C=O) groups is 3. The van der Waals surface area contributed by atoms with Crippen LogP contribution >= 0.6 is 46.4 Å². The van der Waals surface area contributed by atoms with Crippen molar-refractivity contribution in [3.63, 3.8) is 0 Å². The fourth-order valence-corrected chi connectivity index (χ4v) is 5.43. The third kappa shape index (κ3) is 6.38. The first kappa shape index (κ1) is 30.8. The molecule has 0 aliphatic heterocycles. The van der Waals surface area contributed by atoms with Gasteiger partial charge in [-0.05, 0) is 48.0 Å². The molecule has 0 saturated heterocycles. The van der Waals surface area contributed by atoms with Crippen LogP contribution in [0, 0.1) is 17.6 Å². The van der Waals surface area contributed by atoms with Crippen molar-refractivity contribution in [2.75, 3.05) is 16.0 Å². The molecule has 216 valence electrons. The number of halogens is 9. The number of amides is 3. The second-order valence-corrected chi connectivity index (χ2v) is 11.2. The van der Waals surface area contributed by atoms with E-state index in [2.05, 4.69) is 16.0 Å². The van der Waals surface area contributed by atoms with Crippen molar-refractivity contribution in [1.82, 2.24) is 0 Å². The maximum absolute atomic E-state index is 14.1. The summed E-state index contributed by atoms with van der Waals surface area (Å²) in [6, 6.07) is 8.19. The smallest absolute Gasteiger partial charge is 0.326 e. The van der Waals surface area contributed by atoms with Gasteiger partial charge in [0.15, 0.2) is 0 Å². The molecule has 3 aromatic rings. The van der Waals surface area contributed by atoms with Crippen molar-refractivity contribution in [3.8, 4) is 0 Å². The number of alkyl halides is 5. The molecule has 2 atom stereocenters. The molecule has 1 saturated carbocycles. The molecule has 6 nitrogen and oxygen atoms in total. The zero-order valence-electron chi connectivity index (χ0n) is 20.4. The van der Waals surface area contributed by atoms with Crippen LogP contribution in [0.15, 0.2) is 48.5 Å². The van der Waals surface area contributed by atoms with Crippen LogP contribution in [-0.4, -0.2) is 22.1 Å². The van der Waals surface area contributed by atoms with Crippen LogP contribution in [0.2, 0.25) is 10.0 Å². The fourth-order valence-electron chi connectivity index (χ4n) is 4.15. The minimum absolute atomic E-state index is 0.0415. The monoisotopic (exact) mass is 653 g/mol. The Morgan fingerprint density at radius 2 is 1.54 bits per heavy atom. The Kier molecular flexibility index (Phi) is 8.48. The van der Waals surface area contributed by atoms with Gasteiger partial charge in [0.1, 0.15) is 16.0 Å². The van der Waals surface area contributed by atoms with E-state index in [-0.39, 0.29) is 38.2 Å². The number of hydrogen-bond donors (Lipinski definition) is 3. The molecule has 1 aliphatic rings. The van der Waals surface area contributed by atoms with E-state index in [4.69, 9.17) is 46.4 Å². The van der Waals surface area contributed by atoms with E-state index in [1.165, 1.54) is 18.2 Å². The number of nitrogens with one attached hydrogen (secondary N) is 3. The Balaban J connectivity index is 1.53. The third-order valence-electron chi connectivity index (χ3n) is 6.11. The lowest BCUT2D eigenvalue weighted by Gasteiger charge is -2.14. The highest BCUT2D eigenvalue weighted by Crippen LogP contribution is 2.65. The molecule has 0 heterocycles. The predicted molar refractivity (Wildman–Crippen MR) is 146 cm³/mol. The van der Waals surface area contributed by atoms with E-state index in [0.717, 1.165) is 25.1 Å². The SMILES string of the molecule is CC(=O)Nc1c(F)ccc(NC(=O)c2cc(NC(=O)[C@H]3[C@H](c4ccc(F)c(C(F)(F)F)c4)C3(Cl)Cl)ccc2Cl)c1Cl. The summed E-state index contributed by atoms with van der Waals surface area (Å²) in [7, 11) is 0. The zero-order valence-corrected chi connectivity index (χ0v) is 23.4. The second kappa shape index (κ2) is 11.3. The van der Waals surface area contributed by atoms with Gasteiger partial charge in [-0.25, -0.2) is 8.78 Å². The lowest BCUT2D eigenvalue weighted by Crippen LogP contribution is -2.18. The van der Waals surface area contributed by atoms with Crippen LogP contribution in [0.5, 0.6) is 0 Å². The van der Waals surface area contributed by atoms with Gasteiger partial charge in [0.25, 0.3) is 5.91 Å². The molecule has 15 heteroatoms. The van der Waals surface area contributed by atoms with Crippen LogP contribution in [0.4, 0.5) is 39.0 Å². The van der Waals surface area contributed by atoms with Gasteiger partial charge < -0.3 is 16.0 Å². The first-order valence-electron chi connectivity index (χ1n) is 11.4. The normalized spacial score (nSPS) is 17.5. The van der Waals surface area contributed by atoms with Gasteiger partial charge in [-0.1, -0.05) is 29.3 Å². The molecule has 41 heavy (non-hydrogen) atoms. The van der Waals surface area contributed by atoms with Crippen molar-refractivity contribution in [3.05, 3.63) is 86.9 Å². The van der Waals surface area contributed by atoms with Crippen molar-refractivity contribution < 1.29 is 36.3 Å². The molecule has 3 aromatic carbocycles. The lowest BCUT2D eigenvalue weighted by molar-refractivity contribution is -0.140. The Morgan fingerprint density at radius 1 is 0.878 bits per heavy atom. The summed E-state index contributed by atoms with van der Waals surface area (Å²) in [6.45, 7) is 1.14.